The summed E-state index contributed by atoms with van der Waals surface area (Å²) in [6, 6.07) is 2.84. The zero-order valence-electron chi connectivity index (χ0n) is 21.6. The molecule has 37 heavy (non-hydrogen) atoms. The summed E-state index contributed by atoms with van der Waals surface area (Å²) in [7, 11) is 0. The lowest BCUT2D eigenvalue weighted by atomic mass is 9.72. The second-order valence-corrected chi connectivity index (χ2v) is 11.3. The van der Waals surface area contributed by atoms with Crippen molar-refractivity contribution < 1.29 is 29.2 Å². The molecule has 3 aromatic rings. The lowest BCUT2D eigenvalue weighted by Gasteiger charge is -2.33. The Morgan fingerprint density at radius 2 is 1.86 bits per heavy atom. The molecule has 192 valence electrons. The summed E-state index contributed by atoms with van der Waals surface area (Å²) in [4.78, 5) is 13.9. The number of aromatic hydroxyl groups is 3. The van der Waals surface area contributed by atoms with Crippen LogP contribution in [0.15, 0.2) is 39.1 Å². The van der Waals surface area contributed by atoms with Crippen molar-refractivity contribution in [1.82, 2.24) is 0 Å². The minimum atomic E-state index is -0.715. The van der Waals surface area contributed by atoms with Crippen molar-refractivity contribution in [2.75, 3.05) is 0 Å². The van der Waals surface area contributed by atoms with E-state index in [2.05, 4.69) is 6.08 Å². The van der Waals surface area contributed by atoms with Gasteiger partial charge in [-0.05, 0) is 66.0 Å². The average molecular weight is 503 g/mol. The van der Waals surface area contributed by atoms with E-state index in [0.29, 0.717) is 40.2 Å². The van der Waals surface area contributed by atoms with Gasteiger partial charge in [-0.15, -0.1) is 0 Å². The Hall–Kier alpha value is -3.87. The summed E-state index contributed by atoms with van der Waals surface area (Å²) in [5, 5.41) is 32.9. The van der Waals surface area contributed by atoms with Gasteiger partial charge in [0.15, 0.2) is 16.9 Å². The molecule has 2 atom stereocenters. The molecular weight excluding hydrogens is 472 g/mol. The molecule has 6 rings (SSSR count). The summed E-state index contributed by atoms with van der Waals surface area (Å²) in [6.45, 7) is 9.83. The fourth-order valence-corrected chi connectivity index (χ4v) is 5.94. The van der Waals surface area contributed by atoms with E-state index < -0.39 is 11.2 Å². The van der Waals surface area contributed by atoms with Crippen molar-refractivity contribution in [1.29, 1.82) is 0 Å². The number of rotatable bonds is 3. The molecule has 3 heterocycles. The predicted molar refractivity (Wildman–Crippen MR) is 141 cm³/mol. The first kappa shape index (κ1) is 23.5. The molecule has 0 bridgehead atoms. The van der Waals surface area contributed by atoms with Crippen LogP contribution in [-0.4, -0.2) is 26.5 Å². The number of benzene rings is 2. The minimum absolute atomic E-state index is 0.0811. The number of phenols is 3. The zero-order valence-corrected chi connectivity index (χ0v) is 21.6. The Labute approximate surface area is 214 Å². The molecule has 0 fully saturated rings. The molecule has 0 unspecified atom stereocenters. The maximum atomic E-state index is 13.9. The SMILES string of the molecule is CC(C)=CCC[C@]1(C)Oc2c(O)cc(O)c3c2[C@@H]1Cc1c-3oc2cc3c(c(O)c2c1=O)C=CC(C)(C)O3. The van der Waals surface area contributed by atoms with Gasteiger partial charge in [0.1, 0.15) is 45.2 Å². The molecular formula is C30H30O7. The molecule has 0 radical (unpaired) electrons. The summed E-state index contributed by atoms with van der Waals surface area (Å²) < 4.78 is 18.7. The van der Waals surface area contributed by atoms with Gasteiger partial charge in [-0.1, -0.05) is 11.6 Å². The summed E-state index contributed by atoms with van der Waals surface area (Å²) >= 11 is 0. The maximum absolute atomic E-state index is 13.9. The van der Waals surface area contributed by atoms with Crippen LogP contribution >= 0.6 is 0 Å². The second kappa shape index (κ2) is 7.57. The lowest BCUT2D eigenvalue weighted by molar-refractivity contribution is 0.0764. The number of hydrogen-bond donors (Lipinski definition) is 3. The van der Waals surface area contributed by atoms with Gasteiger partial charge in [-0.25, -0.2) is 0 Å². The molecule has 3 N–H and O–H groups in total. The zero-order chi connectivity index (χ0) is 26.4. The first-order valence-electron chi connectivity index (χ1n) is 12.6. The van der Waals surface area contributed by atoms with Crippen LogP contribution < -0.4 is 14.9 Å². The second-order valence-electron chi connectivity index (χ2n) is 11.3. The fourth-order valence-electron chi connectivity index (χ4n) is 5.94. The highest BCUT2D eigenvalue weighted by Crippen LogP contribution is 2.60. The van der Waals surface area contributed by atoms with Gasteiger partial charge in [0.25, 0.3) is 0 Å². The van der Waals surface area contributed by atoms with E-state index in [0.717, 1.165) is 6.42 Å². The van der Waals surface area contributed by atoms with E-state index in [1.165, 1.54) is 11.6 Å². The molecule has 1 aliphatic carbocycles. The van der Waals surface area contributed by atoms with Crippen molar-refractivity contribution in [3.05, 3.63) is 56.8 Å². The molecule has 2 aliphatic heterocycles. The number of fused-ring (bicyclic) bond motifs is 4. The molecule has 3 aliphatic rings. The van der Waals surface area contributed by atoms with E-state index in [1.807, 2.05) is 40.7 Å². The van der Waals surface area contributed by atoms with Crippen LogP contribution in [0.2, 0.25) is 0 Å². The van der Waals surface area contributed by atoms with Gasteiger partial charge in [0.05, 0.1) is 11.1 Å². The van der Waals surface area contributed by atoms with Crippen LogP contribution in [0.1, 0.15) is 70.1 Å². The largest absolute Gasteiger partial charge is 0.507 e. The lowest BCUT2D eigenvalue weighted by Crippen LogP contribution is -2.37. The van der Waals surface area contributed by atoms with Crippen molar-refractivity contribution >= 4 is 17.0 Å². The van der Waals surface area contributed by atoms with Crippen LogP contribution in [0, 0.1) is 0 Å². The number of phenolic OH excluding ortho intramolecular Hbond substituents is 3. The third kappa shape index (κ3) is 3.36. The third-order valence-corrected chi connectivity index (χ3v) is 7.80. The third-order valence-electron chi connectivity index (χ3n) is 7.80. The van der Waals surface area contributed by atoms with Gasteiger partial charge in [-0.3, -0.25) is 4.79 Å². The van der Waals surface area contributed by atoms with Gasteiger partial charge in [0.2, 0.25) is 0 Å². The molecule has 7 nitrogen and oxygen atoms in total. The Morgan fingerprint density at radius 3 is 2.59 bits per heavy atom. The van der Waals surface area contributed by atoms with Crippen molar-refractivity contribution in [3.63, 3.8) is 0 Å². The maximum Gasteiger partial charge on any atom is 0.200 e. The smallest absolute Gasteiger partial charge is 0.200 e. The van der Waals surface area contributed by atoms with E-state index in [-0.39, 0.29) is 51.7 Å². The standard InChI is InChI=1S/C30H30O7/c1-14(2)7-6-9-30(5)17-11-16-26(34)24-21(13-20-15(25(24)33)8-10-29(3,4)36-20)35-27(16)23-18(31)12-19(32)28(37-30)22(17)23/h7-8,10,12-13,17,31-33H,6,9,11H2,1-5H3/t17-,30-/m0/s1. The fraction of sp³-hybridized carbons (Fsp3) is 0.367. The van der Waals surface area contributed by atoms with Crippen LogP contribution in [0.3, 0.4) is 0 Å². The first-order chi connectivity index (χ1) is 17.4. The van der Waals surface area contributed by atoms with Crippen molar-refractivity contribution in [2.24, 2.45) is 0 Å². The van der Waals surface area contributed by atoms with E-state index in [1.54, 1.807) is 12.1 Å². The quantitative estimate of drug-likeness (QED) is 0.361. The number of hydrogen-bond acceptors (Lipinski definition) is 7. The highest BCUT2D eigenvalue weighted by Gasteiger charge is 2.51. The summed E-state index contributed by atoms with van der Waals surface area (Å²) in [5.74, 6) is 0.129. The van der Waals surface area contributed by atoms with Crippen LogP contribution in [-0.2, 0) is 6.42 Å². The molecule has 1 aromatic heterocycles. The predicted octanol–water partition coefficient (Wildman–Crippen LogP) is 6.30. The first-order valence-corrected chi connectivity index (χ1v) is 12.6. The van der Waals surface area contributed by atoms with Crippen molar-refractivity contribution in [3.8, 4) is 40.1 Å². The van der Waals surface area contributed by atoms with Gasteiger partial charge in [-0.2, -0.15) is 0 Å². The Kier molecular flexibility index (Phi) is 4.81. The van der Waals surface area contributed by atoms with E-state index in [4.69, 9.17) is 13.9 Å². The van der Waals surface area contributed by atoms with Crippen molar-refractivity contribution in [2.45, 2.75) is 71.0 Å². The van der Waals surface area contributed by atoms with Crippen LogP contribution in [0.25, 0.3) is 28.4 Å². The number of ether oxygens (including phenoxy) is 2. The topological polar surface area (TPSA) is 109 Å². The van der Waals surface area contributed by atoms with E-state index >= 15 is 0 Å². The minimum Gasteiger partial charge on any atom is -0.507 e. The van der Waals surface area contributed by atoms with Crippen LogP contribution in [0.5, 0.6) is 28.7 Å². The van der Waals surface area contributed by atoms with Gasteiger partial charge < -0.3 is 29.2 Å². The Balaban J connectivity index is 1.59. The molecule has 0 saturated carbocycles. The van der Waals surface area contributed by atoms with E-state index in [9.17, 15) is 20.1 Å². The van der Waals surface area contributed by atoms with Gasteiger partial charge >= 0.3 is 0 Å². The Bertz CT molecular complexity index is 1620. The molecule has 2 aromatic carbocycles. The average Bonchev–Trinajstić information content (AvgIpc) is 3.09. The normalized spacial score (nSPS) is 22.0. The number of allylic oxidation sites excluding steroid dienone is 2. The Morgan fingerprint density at radius 1 is 1.11 bits per heavy atom. The monoisotopic (exact) mass is 502 g/mol. The van der Waals surface area contributed by atoms with Gasteiger partial charge in [0, 0.05) is 29.2 Å². The molecule has 0 saturated heterocycles. The molecule has 0 spiro atoms. The van der Waals surface area contributed by atoms with Crippen LogP contribution in [0.4, 0.5) is 0 Å². The summed E-state index contributed by atoms with van der Waals surface area (Å²) in [6.07, 6.45) is 7.43. The summed E-state index contributed by atoms with van der Waals surface area (Å²) in [5.41, 5.74) is 1.50. The molecule has 0 amide bonds. The highest BCUT2D eigenvalue weighted by molar-refractivity contribution is 5.94. The molecule has 7 heteroatoms. The highest BCUT2D eigenvalue weighted by atomic mass is 16.5.